The number of ether oxygens (including phenoxy) is 1. The van der Waals surface area contributed by atoms with Gasteiger partial charge in [-0.15, -0.1) is 0 Å². The van der Waals surface area contributed by atoms with E-state index in [4.69, 9.17) is 4.74 Å². The van der Waals surface area contributed by atoms with Crippen molar-refractivity contribution in [1.82, 2.24) is 20.0 Å². The molecule has 0 spiro atoms. The Kier molecular flexibility index (Phi) is 12.8. The van der Waals surface area contributed by atoms with Crippen LogP contribution in [0.2, 0.25) is 0 Å². The molecule has 0 radical (unpaired) electrons. The lowest BCUT2D eigenvalue weighted by molar-refractivity contribution is -0.162. The molecule has 1 aliphatic rings. The molecule has 1 aliphatic heterocycles. The molecule has 7 nitrogen and oxygen atoms in total. The molecule has 236 valence electrons. The lowest BCUT2D eigenvalue weighted by Crippen LogP contribution is -2.64. The highest BCUT2D eigenvalue weighted by atomic mass is 16.5. The van der Waals surface area contributed by atoms with Gasteiger partial charge in [-0.05, 0) is 74.5 Å². The summed E-state index contributed by atoms with van der Waals surface area (Å²) in [5, 5.41) is 3.59. The Morgan fingerprint density at radius 1 is 0.886 bits per heavy atom. The summed E-state index contributed by atoms with van der Waals surface area (Å²) in [5.41, 5.74) is 3.62. The number of piperazine rings is 1. The van der Waals surface area contributed by atoms with Gasteiger partial charge in [0.1, 0.15) is 5.75 Å². The van der Waals surface area contributed by atoms with Crippen LogP contribution < -0.4 is 10.1 Å². The number of nitrogens with one attached hydrogen (secondary N) is 1. The molecule has 0 aromatic heterocycles. The fourth-order valence-corrected chi connectivity index (χ4v) is 6.02. The Hall–Kier alpha value is -3.68. The van der Waals surface area contributed by atoms with Gasteiger partial charge in [0, 0.05) is 38.8 Å². The number of hydrogen-bond acceptors (Lipinski definition) is 5. The van der Waals surface area contributed by atoms with E-state index in [0.29, 0.717) is 32.7 Å². The van der Waals surface area contributed by atoms with Crippen LogP contribution in [-0.2, 0) is 29.1 Å². The number of amides is 2. The van der Waals surface area contributed by atoms with Crippen molar-refractivity contribution < 1.29 is 14.3 Å². The topological polar surface area (TPSA) is 65.1 Å². The maximum absolute atomic E-state index is 13.7. The van der Waals surface area contributed by atoms with Crippen molar-refractivity contribution in [1.29, 1.82) is 0 Å². The minimum Gasteiger partial charge on any atom is -0.494 e. The standard InChI is InChI=1S/C37H50N4O3/c1-5-44-34-20-18-30(19-21-34)22-24-40-35(29(2)3)28-41(37(43)36(40)42)33(26-38-25-31-13-8-6-9-14-31)17-12-23-39(4)27-32-15-10-7-11-16-32/h6-11,13-16,18-21,29,33,35,38H,5,12,17,22-28H2,1-4H3/t33-,35+/m0/s1. The number of hydrogen-bond donors (Lipinski definition) is 1. The number of benzene rings is 3. The first-order chi connectivity index (χ1) is 21.4. The van der Waals surface area contributed by atoms with Gasteiger partial charge < -0.3 is 24.8 Å². The molecule has 0 unspecified atom stereocenters. The average molecular weight is 599 g/mol. The molecule has 1 N–H and O–H groups in total. The van der Waals surface area contributed by atoms with Crippen molar-refractivity contribution in [2.45, 2.75) is 65.2 Å². The smallest absolute Gasteiger partial charge is 0.312 e. The second-order valence-electron chi connectivity index (χ2n) is 12.2. The van der Waals surface area contributed by atoms with Crippen molar-refractivity contribution in [3.8, 4) is 5.75 Å². The normalized spacial score (nSPS) is 16.2. The summed E-state index contributed by atoms with van der Waals surface area (Å²) in [4.78, 5) is 33.4. The van der Waals surface area contributed by atoms with E-state index in [1.165, 1.54) is 11.1 Å². The zero-order valence-corrected chi connectivity index (χ0v) is 27.0. The number of rotatable bonds is 17. The lowest BCUT2D eigenvalue weighted by atomic mass is 9.96. The van der Waals surface area contributed by atoms with E-state index in [0.717, 1.165) is 43.8 Å². The van der Waals surface area contributed by atoms with Gasteiger partial charge in [0.2, 0.25) is 0 Å². The van der Waals surface area contributed by atoms with Crippen molar-refractivity contribution in [2.24, 2.45) is 5.92 Å². The van der Waals surface area contributed by atoms with E-state index in [2.05, 4.69) is 67.5 Å². The van der Waals surface area contributed by atoms with Crippen LogP contribution in [0.4, 0.5) is 0 Å². The first-order valence-electron chi connectivity index (χ1n) is 16.2. The van der Waals surface area contributed by atoms with Crippen LogP contribution in [0.25, 0.3) is 0 Å². The number of carbonyl (C=O) groups excluding carboxylic acids is 2. The largest absolute Gasteiger partial charge is 0.494 e. The zero-order chi connectivity index (χ0) is 31.3. The van der Waals surface area contributed by atoms with Gasteiger partial charge >= 0.3 is 11.8 Å². The Bertz CT molecular complexity index is 1280. The minimum atomic E-state index is -0.379. The molecule has 4 rings (SSSR count). The Morgan fingerprint density at radius 2 is 1.55 bits per heavy atom. The molecule has 0 saturated carbocycles. The Balaban J connectivity index is 1.41. The van der Waals surface area contributed by atoms with Crippen LogP contribution in [-0.4, -0.2) is 78.4 Å². The van der Waals surface area contributed by atoms with E-state index < -0.39 is 0 Å². The monoisotopic (exact) mass is 598 g/mol. The molecule has 3 aromatic carbocycles. The highest BCUT2D eigenvalue weighted by Crippen LogP contribution is 2.24. The summed E-state index contributed by atoms with van der Waals surface area (Å²) >= 11 is 0. The molecule has 2 amide bonds. The van der Waals surface area contributed by atoms with Gasteiger partial charge in [0.25, 0.3) is 0 Å². The Morgan fingerprint density at radius 3 is 2.18 bits per heavy atom. The van der Waals surface area contributed by atoms with Crippen molar-refractivity contribution >= 4 is 11.8 Å². The Labute approximate surface area is 264 Å². The van der Waals surface area contributed by atoms with Crippen LogP contribution in [0.5, 0.6) is 5.75 Å². The molecule has 2 atom stereocenters. The minimum absolute atomic E-state index is 0.0275. The van der Waals surface area contributed by atoms with Crippen molar-refractivity contribution in [3.05, 3.63) is 102 Å². The summed E-state index contributed by atoms with van der Waals surface area (Å²) < 4.78 is 5.57. The second-order valence-corrected chi connectivity index (χ2v) is 12.2. The molecular formula is C37H50N4O3. The van der Waals surface area contributed by atoms with Crippen LogP contribution >= 0.6 is 0 Å². The van der Waals surface area contributed by atoms with Crippen molar-refractivity contribution in [3.63, 3.8) is 0 Å². The number of nitrogens with zero attached hydrogens (tertiary/aromatic N) is 3. The quantitative estimate of drug-likeness (QED) is 0.211. The molecular weight excluding hydrogens is 548 g/mol. The van der Waals surface area contributed by atoms with Crippen molar-refractivity contribution in [2.75, 3.05) is 39.8 Å². The van der Waals surface area contributed by atoms with Crippen LogP contribution in [0.15, 0.2) is 84.9 Å². The molecule has 7 heteroatoms. The predicted octanol–water partition coefficient (Wildman–Crippen LogP) is 5.39. The first-order valence-corrected chi connectivity index (χ1v) is 16.2. The summed E-state index contributed by atoms with van der Waals surface area (Å²) in [5.74, 6) is 0.312. The average Bonchev–Trinajstić information content (AvgIpc) is 3.03. The van der Waals surface area contributed by atoms with Crippen LogP contribution in [0, 0.1) is 5.92 Å². The van der Waals surface area contributed by atoms with E-state index in [-0.39, 0.29) is 29.8 Å². The third kappa shape index (κ3) is 9.66. The maximum atomic E-state index is 13.7. The van der Waals surface area contributed by atoms with Gasteiger partial charge in [0.15, 0.2) is 0 Å². The van der Waals surface area contributed by atoms with Gasteiger partial charge in [-0.3, -0.25) is 9.59 Å². The highest BCUT2D eigenvalue weighted by molar-refractivity contribution is 6.35. The first kappa shape index (κ1) is 33.2. The highest BCUT2D eigenvalue weighted by Gasteiger charge is 2.42. The SMILES string of the molecule is CCOc1ccc(CCN2C(=O)C(=O)N([C@@H](CCCN(C)Cc3ccccc3)CNCc3ccccc3)C[C@@H]2C(C)C)cc1. The van der Waals surface area contributed by atoms with Gasteiger partial charge in [-0.25, -0.2) is 0 Å². The van der Waals surface area contributed by atoms with E-state index in [9.17, 15) is 9.59 Å². The summed E-state index contributed by atoms with van der Waals surface area (Å²) in [6.45, 7) is 11.2. The zero-order valence-electron chi connectivity index (χ0n) is 27.0. The van der Waals surface area contributed by atoms with Crippen LogP contribution in [0.3, 0.4) is 0 Å². The number of carbonyl (C=O) groups is 2. The molecule has 44 heavy (non-hydrogen) atoms. The molecule has 1 saturated heterocycles. The van der Waals surface area contributed by atoms with Gasteiger partial charge in [0.05, 0.1) is 12.6 Å². The third-order valence-corrected chi connectivity index (χ3v) is 8.50. The van der Waals surface area contributed by atoms with Gasteiger partial charge in [-0.1, -0.05) is 86.6 Å². The molecule has 1 heterocycles. The van der Waals surface area contributed by atoms with Gasteiger partial charge in [-0.2, -0.15) is 0 Å². The second kappa shape index (κ2) is 17.0. The maximum Gasteiger partial charge on any atom is 0.312 e. The summed E-state index contributed by atoms with van der Waals surface area (Å²) in [6, 6.07) is 28.7. The molecule has 0 bridgehead atoms. The molecule has 1 fully saturated rings. The third-order valence-electron chi connectivity index (χ3n) is 8.50. The van der Waals surface area contributed by atoms with Crippen LogP contribution in [0.1, 0.15) is 50.3 Å². The summed E-state index contributed by atoms with van der Waals surface area (Å²) in [7, 11) is 2.14. The van der Waals surface area contributed by atoms with E-state index in [1.54, 1.807) is 0 Å². The fraction of sp³-hybridized carbons (Fsp3) is 0.459. The summed E-state index contributed by atoms with van der Waals surface area (Å²) in [6.07, 6.45) is 2.47. The van der Waals surface area contributed by atoms with E-state index >= 15 is 0 Å². The lowest BCUT2D eigenvalue weighted by Gasteiger charge is -2.45. The fourth-order valence-electron chi connectivity index (χ4n) is 6.02. The van der Waals surface area contributed by atoms with E-state index in [1.807, 2.05) is 65.3 Å². The molecule has 0 aliphatic carbocycles. The molecule has 3 aromatic rings. The predicted molar refractivity (Wildman–Crippen MR) is 177 cm³/mol.